The molecule has 0 saturated carbocycles. The summed E-state index contributed by atoms with van der Waals surface area (Å²) in [5.41, 5.74) is 0.833. The van der Waals surface area contributed by atoms with E-state index in [9.17, 15) is 4.79 Å². The summed E-state index contributed by atoms with van der Waals surface area (Å²) in [6.07, 6.45) is 0.947. The molecule has 0 spiro atoms. The van der Waals surface area contributed by atoms with E-state index in [1.807, 2.05) is 44.4 Å². The number of rotatable bonds is 7. The Morgan fingerprint density at radius 1 is 1.25 bits per heavy atom. The molecule has 1 rings (SSSR count). The third-order valence-corrected chi connectivity index (χ3v) is 3.46. The summed E-state index contributed by atoms with van der Waals surface area (Å²) in [6, 6.07) is 9.58. The van der Waals surface area contributed by atoms with Crippen LogP contribution in [0.4, 0.5) is 0 Å². The van der Waals surface area contributed by atoms with E-state index in [-0.39, 0.29) is 11.9 Å². The van der Waals surface area contributed by atoms with Crippen molar-refractivity contribution in [2.45, 2.75) is 31.7 Å². The Bertz CT molecular complexity index is 396. The van der Waals surface area contributed by atoms with Gasteiger partial charge in [-0.15, -0.1) is 11.6 Å². The van der Waals surface area contributed by atoms with Crippen molar-refractivity contribution >= 4 is 17.5 Å². The van der Waals surface area contributed by atoms with Crippen molar-refractivity contribution < 1.29 is 4.79 Å². The Morgan fingerprint density at radius 2 is 1.85 bits per heavy atom. The highest BCUT2D eigenvalue weighted by Crippen LogP contribution is 2.20. The molecule has 4 heteroatoms. The zero-order chi connectivity index (χ0) is 15.1. The smallest absolute Gasteiger partial charge is 0.242 e. The Labute approximate surface area is 127 Å². The standard InChI is InChI=1S/C16H25ClN2O/c1-12(2)10-14(11-19(3)4)18-16(20)15(17)13-8-6-5-7-9-13/h5-9,12,14-15H,10-11H2,1-4H3,(H,18,20). The van der Waals surface area contributed by atoms with E-state index < -0.39 is 5.38 Å². The number of likely N-dealkylation sites (N-methyl/N-ethyl adjacent to an activating group) is 1. The lowest BCUT2D eigenvalue weighted by molar-refractivity contribution is -0.121. The van der Waals surface area contributed by atoms with Gasteiger partial charge in [-0.1, -0.05) is 44.2 Å². The zero-order valence-corrected chi connectivity index (χ0v) is 13.5. The van der Waals surface area contributed by atoms with Gasteiger partial charge in [-0.3, -0.25) is 4.79 Å². The third kappa shape index (κ3) is 5.93. The molecular formula is C16H25ClN2O. The normalized spacial score (nSPS) is 14.3. The van der Waals surface area contributed by atoms with Crippen LogP contribution in [-0.4, -0.2) is 37.5 Å². The van der Waals surface area contributed by atoms with Gasteiger partial charge in [-0.25, -0.2) is 0 Å². The van der Waals surface area contributed by atoms with Gasteiger partial charge in [0.1, 0.15) is 5.38 Å². The maximum atomic E-state index is 12.3. The number of benzene rings is 1. The van der Waals surface area contributed by atoms with Crippen molar-refractivity contribution in [1.82, 2.24) is 10.2 Å². The van der Waals surface area contributed by atoms with Crippen molar-refractivity contribution in [2.24, 2.45) is 5.92 Å². The molecule has 0 saturated heterocycles. The maximum Gasteiger partial charge on any atom is 0.242 e. The van der Waals surface area contributed by atoms with E-state index >= 15 is 0 Å². The van der Waals surface area contributed by atoms with Gasteiger partial charge in [-0.2, -0.15) is 0 Å². The first-order chi connectivity index (χ1) is 9.40. The second kappa shape index (κ2) is 8.28. The number of alkyl halides is 1. The summed E-state index contributed by atoms with van der Waals surface area (Å²) in [4.78, 5) is 14.3. The second-order valence-corrected chi connectivity index (χ2v) is 6.31. The highest BCUT2D eigenvalue weighted by atomic mass is 35.5. The molecule has 2 atom stereocenters. The van der Waals surface area contributed by atoms with Crippen molar-refractivity contribution in [1.29, 1.82) is 0 Å². The Morgan fingerprint density at radius 3 is 2.35 bits per heavy atom. The van der Waals surface area contributed by atoms with Gasteiger partial charge >= 0.3 is 0 Å². The average molecular weight is 297 g/mol. The number of nitrogens with one attached hydrogen (secondary N) is 1. The predicted molar refractivity (Wildman–Crippen MR) is 85.0 cm³/mol. The maximum absolute atomic E-state index is 12.3. The van der Waals surface area contributed by atoms with Crippen LogP contribution in [0.2, 0.25) is 0 Å². The van der Waals surface area contributed by atoms with Gasteiger partial charge in [-0.05, 0) is 32.0 Å². The van der Waals surface area contributed by atoms with Gasteiger partial charge in [0, 0.05) is 12.6 Å². The molecule has 1 aromatic carbocycles. The molecule has 1 aromatic rings. The molecule has 0 heterocycles. The lowest BCUT2D eigenvalue weighted by atomic mass is 10.0. The van der Waals surface area contributed by atoms with Crippen molar-refractivity contribution in [3.63, 3.8) is 0 Å². The number of carbonyl (C=O) groups excluding carboxylic acids is 1. The number of nitrogens with zero attached hydrogens (tertiary/aromatic N) is 1. The summed E-state index contributed by atoms with van der Waals surface area (Å²) in [7, 11) is 4.02. The van der Waals surface area contributed by atoms with Crippen LogP contribution in [0.25, 0.3) is 0 Å². The fraction of sp³-hybridized carbons (Fsp3) is 0.562. The quantitative estimate of drug-likeness (QED) is 0.784. The number of hydrogen-bond acceptors (Lipinski definition) is 2. The lowest BCUT2D eigenvalue weighted by Crippen LogP contribution is -2.43. The monoisotopic (exact) mass is 296 g/mol. The largest absolute Gasteiger partial charge is 0.350 e. The van der Waals surface area contributed by atoms with Crippen LogP contribution in [-0.2, 0) is 4.79 Å². The molecule has 3 nitrogen and oxygen atoms in total. The van der Waals surface area contributed by atoms with Crippen LogP contribution in [0.15, 0.2) is 30.3 Å². The molecule has 0 aliphatic heterocycles. The average Bonchev–Trinajstić information content (AvgIpc) is 2.37. The van der Waals surface area contributed by atoms with Gasteiger partial charge < -0.3 is 10.2 Å². The van der Waals surface area contributed by atoms with Gasteiger partial charge in [0.05, 0.1) is 0 Å². The Balaban J connectivity index is 2.65. The van der Waals surface area contributed by atoms with Crippen LogP contribution >= 0.6 is 11.6 Å². The minimum Gasteiger partial charge on any atom is -0.350 e. The number of carbonyl (C=O) groups is 1. The number of amides is 1. The van der Waals surface area contributed by atoms with E-state index in [1.165, 1.54) is 0 Å². The molecule has 0 aliphatic rings. The molecule has 0 radical (unpaired) electrons. The summed E-state index contributed by atoms with van der Waals surface area (Å²) >= 11 is 6.25. The Hall–Kier alpha value is -1.06. The molecule has 1 N–H and O–H groups in total. The molecule has 1 amide bonds. The minimum absolute atomic E-state index is 0.120. The third-order valence-electron chi connectivity index (χ3n) is 3.01. The minimum atomic E-state index is -0.631. The summed E-state index contributed by atoms with van der Waals surface area (Å²) in [5, 5.41) is 2.43. The SMILES string of the molecule is CC(C)CC(CN(C)C)NC(=O)C(Cl)c1ccccc1. The summed E-state index contributed by atoms with van der Waals surface area (Å²) in [5.74, 6) is 0.413. The van der Waals surface area contributed by atoms with Crippen LogP contribution < -0.4 is 5.32 Å². The zero-order valence-electron chi connectivity index (χ0n) is 12.8. The number of halogens is 1. The van der Waals surface area contributed by atoms with Crippen LogP contribution in [0.5, 0.6) is 0 Å². The molecule has 2 unspecified atom stereocenters. The number of hydrogen-bond donors (Lipinski definition) is 1. The van der Waals surface area contributed by atoms with Crippen molar-refractivity contribution in [2.75, 3.05) is 20.6 Å². The molecule has 0 fully saturated rings. The van der Waals surface area contributed by atoms with Crippen molar-refractivity contribution in [3.8, 4) is 0 Å². The molecular weight excluding hydrogens is 272 g/mol. The van der Waals surface area contributed by atoms with E-state index in [1.54, 1.807) is 0 Å². The van der Waals surface area contributed by atoms with E-state index in [2.05, 4.69) is 24.1 Å². The van der Waals surface area contributed by atoms with Crippen LogP contribution in [0, 0.1) is 5.92 Å². The first-order valence-electron chi connectivity index (χ1n) is 7.04. The first kappa shape index (κ1) is 17.0. The molecule has 20 heavy (non-hydrogen) atoms. The van der Waals surface area contributed by atoms with Crippen LogP contribution in [0.3, 0.4) is 0 Å². The van der Waals surface area contributed by atoms with E-state index in [0.29, 0.717) is 5.92 Å². The fourth-order valence-electron chi connectivity index (χ4n) is 2.24. The van der Waals surface area contributed by atoms with E-state index in [4.69, 9.17) is 11.6 Å². The predicted octanol–water partition coefficient (Wildman–Crippen LogP) is 3.06. The second-order valence-electron chi connectivity index (χ2n) is 5.87. The van der Waals surface area contributed by atoms with E-state index in [0.717, 1.165) is 18.5 Å². The van der Waals surface area contributed by atoms with Gasteiger partial charge in [0.15, 0.2) is 0 Å². The highest BCUT2D eigenvalue weighted by Gasteiger charge is 2.21. The lowest BCUT2D eigenvalue weighted by Gasteiger charge is -2.25. The first-order valence-corrected chi connectivity index (χ1v) is 7.48. The van der Waals surface area contributed by atoms with Crippen LogP contribution in [0.1, 0.15) is 31.2 Å². The molecule has 0 bridgehead atoms. The molecule has 0 aliphatic carbocycles. The topological polar surface area (TPSA) is 32.3 Å². The highest BCUT2D eigenvalue weighted by molar-refractivity contribution is 6.30. The summed E-state index contributed by atoms with van der Waals surface area (Å²) in [6.45, 7) is 5.14. The Kier molecular flexibility index (Phi) is 7.03. The van der Waals surface area contributed by atoms with Gasteiger partial charge in [0.2, 0.25) is 5.91 Å². The summed E-state index contributed by atoms with van der Waals surface area (Å²) < 4.78 is 0. The molecule has 112 valence electrons. The van der Waals surface area contributed by atoms with Gasteiger partial charge in [0.25, 0.3) is 0 Å². The van der Waals surface area contributed by atoms with Crippen molar-refractivity contribution in [3.05, 3.63) is 35.9 Å². The molecule has 0 aromatic heterocycles. The fourth-order valence-corrected chi connectivity index (χ4v) is 2.45.